The van der Waals surface area contributed by atoms with Crippen LogP contribution in [0.1, 0.15) is 29.9 Å². The Morgan fingerprint density at radius 2 is 1.75 bits per heavy atom. The van der Waals surface area contributed by atoms with E-state index in [0.717, 1.165) is 30.5 Å². The van der Waals surface area contributed by atoms with Gasteiger partial charge in [0.05, 0.1) is 5.56 Å². The highest BCUT2D eigenvalue weighted by molar-refractivity contribution is 5.82. The summed E-state index contributed by atoms with van der Waals surface area (Å²) in [6.07, 6.45) is -3.43. The minimum atomic E-state index is -4.35. The molecule has 2 aliphatic rings. The number of hydrogen-bond donors (Lipinski definition) is 0. The van der Waals surface area contributed by atoms with E-state index in [4.69, 9.17) is 9.47 Å². The van der Waals surface area contributed by atoms with Crippen LogP contribution in [0.2, 0.25) is 0 Å². The average Bonchev–Trinajstić information content (AvgIpc) is 2.72. The van der Waals surface area contributed by atoms with Gasteiger partial charge in [-0.2, -0.15) is 13.2 Å². The number of amides is 1. The molecule has 0 N–H and O–H groups in total. The maximum atomic E-state index is 12.9. The summed E-state index contributed by atoms with van der Waals surface area (Å²) in [6.45, 7) is 1.22. The van der Waals surface area contributed by atoms with Crippen molar-refractivity contribution in [3.63, 3.8) is 0 Å². The molecule has 148 valence electrons. The van der Waals surface area contributed by atoms with Gasteiger partial charge in [-0.1, -0.05) is 24.3 Å². The van der Waals surface area contributed by atoms with E-state index in [0.29, 0.717) is 24.6 Å². The van der Waals surface area contributed by atoms with Crippen molar-refractivity contribution in [3.05, 3.63) is 59.7 Å². The van der Waals surface area contributed by atoms with E-state index < -0.39 is 17.8 Å². The van der Waals surface area contributed by atoms with Gasteiger partial charge in [-0.3, -0.25) is 4.79 Å². The van der Waals surface area contributed by atoms with Crippen LogP contribution in [0.15, 0.2) is 48.5 Å². The first-order valence-corrected chi connectivity index (χ1v) is 9.26. The summed E-state index contributed by atoms with van der Waals surface area (Å²) >= 11 is 0. The van der Waals surface area contributed by atoms with Gasteiger partial charge in [0.2, 0.25) is 6.10 Å². The molecule has 2 atom stereocenters. The number of likely N-dealkylation sites (tertiary alicyclic amines) is 1. The molecule has 0 saturated carbocycles. The van der Waals surface area contributed by atoms with Crippen molar-refractivity contribution < 1.29 is 27.4 Å². The minimum Gasteiger partial charge on any atom is -0.485 e. The largest absolute Gasteiger partial charge is 0.485 e. The molecule has 4 nitrogen and oxygen atoms in total. The van der Waals surface area contributed by atoms with Crippen LogP contribution in [0.5, 0.6) is 11.5 Å². The van der Waals surface area contributed by atoms with E-state index in [9.17, 15) is 18.0 Å². The summed E-state index contributed by atoms with van der Waals surface area (Å²) in [4.78, 5) is 14.6. The van der Waals surface area contributed by atoms with Crippen molar-refractivity contribution in [1.29, 1.82) is 0 Å². The number of hydrogen-bond acceptors (Lipinski definition) is 3. The maximum absolute atomic E-state index is 12.9. The van der Waals surface area contributed by atoms with Gasteiger partial charge in [0.1, 0.15) is 6.61 Å². The molecule has 0 unspecified atom stereocenters. The molecule has 0 spiro atoms. The standard InChI is InChI=1S/C21H20F3NO3/c22-21(23,24)16-9-7-14(8-10-16)15-4-3-11-25(12-15)20(26)19-13-27-17-5-1-2-6-18(17)28-19/h1-2,5-10,15,19H,3-4,11-13H2/t15-,19+/m0/s1. The molecule has 2 heterocycles. The molecule has 0 aliphatic carbocycles. The first-order chi connectivity index (χ1) is 13.4. The summed E-state index contributed by atoms with van der Waals surface area (Å²) in [5, 5.41) is 0. The Morgan fingerprint density at radius 1 is 1.04 bits per heavy atom. The van der Waals surface area contributed by atoms with Gasteiger partial charge >= 0.3 is 6.18 Å². The molecule has 2 aliphatic heterocycles. The second-order valence-electron chi connectivity index (χ2n) is 7.11. The molecule has 2 aromatic carbocycles. The molecule has 0 bridgehead atoms. The van der Waals surface area contributed by atoms with Crippen molar-refractivity contribution in [2.75, 3.05) is 19.7 Å². The Labute approximate surface area is 160 Å². The predicted octanol–water partition coefficient (Wildman–Crippen LogP) is 4.25. The molecular formula is C21H20F3NO3. The molecule has 28 heavy (non-hydrogen) atoms. The van der Waals surface area contributed by atoms with Crippen LogP contribution in [0.25, 0.3) is 0 Å². The third-order valence-electron chi connectivity index (χ3n) is 5.23. The average molecular weight is 391 g/mol. The van der Waals surface area contributed by atoms with Gasteiger partial charge in [0, 0.05) is 19.0 Å². The zero-order chi connectivity index (χ0) is 19.7. The second kappa shape index (κ2) is 7.37. The quantitative estimate of drug-likeness (QED) is 0.768. The van der Waals surface area contributed by atoms with E-state index in [1.807, 2.05) is 12.1 Å². The van der Waals surface area contributed by atoms with Crippen LogP contribution in [-0.2, 0) is 11.0 Å². The summed E-state index contributed by atoms with van der Waals surface area (Å²) in [6, 6.07) is 12.4. The van der Waals surface area contributed by atoms with Gasteiger partial charge in [-0.05, 0) is 42.7 Å². The number of carbonyl (C=O) groups is 1. The molecular weight excluding hydrogens is 371 g/mol. The Balaban J connectivity index is 1.43. The van der Waals surface area contributed by atoms with Gasteiger partial charge in [0.25, 0.3) is 5.91 Å². The van der Waals surface area contributed by atoms with Gasteiger partial charge < -0.3 is 14.4 Å². The van der Waals surface area contributed by atoms with Crippen molar-refractivity contribution in [1.82, 2.24) is 4.90 Å². The summed E-state index contributed by atoms with van der Waals surface area (Å²) in [7, 11) is 0. The lowest BCUT2D eigenvalue weighted by Crippen LogP contribution is -2.49. The van der Waals surface area contributed by atoms with Crippen LogP contribution in [0.4, 0.5) is 13.2 Å². The van der Waals surface area contributed by atoms with Crippen LogP contribution >= 0.6 is 0 Å². The van der Waals surface area contributed by atoms with E-state index in [2.05, 4.69) is 0 Å². The third kappa shape index (κ3) is 3.79. The number of fused-ring (bicyclic) bond motifs is 1. The number of nitrogens with zero attached hydrogens (tertiary/aromatic N) is 1. The Morgan fingerprint density at radius 3 is 2.46 bits per heavy atom. The Bertz CT molecular complexity index is 851. The van der Waals surface area contributed by atoms with Crippen molar-refractivity contribution in [2.24, 2.45) is 0 Å². The molecule has 7 heteroatoms. The lowest BCUT2D eigenvalue weighted by molar-refractivity contribution is -0.142. The van der Waals surface area contributed by atoms with E-state index in [1.54, 1.807) is 17.0 Å². The van der Waals surface area contributed by atoms with Crippen LogP contribution in [0.3, 0.4) is 0 Å². The van der Waals surface area contributed by atoms with E-state index in [-0.39, 0.29) is 18.4 Å². The molecule has 1 saturated heterocycles. The molecule has 4 rings (SSSR count). The number of piperidine rings is 1. The number of para-hydroxylation sites is 2. The van der Waals surface area contributed by atoms with E-state index >= 15 is 0 Å². The zero-order valence-corrected chi connectivity index (χ0v) is 15.1. The van der Waals surface area contributed by atoms with Gasteiger partial charge in [-0.15, -0.1) is 0 Å². The van der Waals surface area contributed by atoms with Crippen molar-refractivity contribution >= 4 is 5.91 Å². The fourth-order valence-electron chi connectivity index (χ4n) is 3.74. The monoisotopic (exact) mass is 391 g/mol. The molecule has 1 amide bonds. The molecule has 1 fully saturated rings. The topological polar surface area (TPSA) is 38.8 Å². The number of halogens is 3. The zero-order valence-electron chi connectivity index (χ0n) is 15.1. The summed E-state index contributed by atoms with van der Waals surface area (Å²) in [5.41, 5.74) is 0.156. The number of benzene rings is 2. The van der Waals surface area contributed by atoms with Crippen LogP contribution in [-0.4, -0.2) is 36.6 Å². The van der Waals surface area contributed by atoms with Gasteiger partial charge in [0.15, 0.2) is 11.5 Å². The summed E-state index contributed by atoms with van der Waals surface area (Å²) in [5.74, 6) is 1.03. The highest BCUT2D eigenvalue weighted by Crippen LogP contribution is 2.34. The van der Waals surface area contributed by atoms with Gasteiger partial charge in [-0.25, -0.2) is 0 Å². The number of alkyl halides is 3. The number of carbonyl (C=O) groups excluding carboxylic acids is 1. The summed E-state index contributed by atoms with van der Waals surface area (Å²) < 4.78 is 49.7. The molecule has 2 aromatic rings. The van der Waals surface area contributed by atoms with Crippen LogP contribution < -0.4 is 9.47 Å². The smallest absolute Gasteiger partial charge is 0.416 e. The fraction of sp³-hybridized carbons (Fsp3) is 0.381. The van der Waals surface area contributed by atoms with E-state index in [1.165, 1.54) is 12.1 Å². The maximum Gasteiger partial charge on any atom is 0.416 e. The molecule has 0 aromatic heterocycles. The minimum absolute atomic E-state index is 0.0109. The van der Waals surface area contributed by atoms with Crippen molar-refractivity contribution in [3.8, 4) is 11.5 Å². The number of ether oxygens (including phenoxy) is 2. The number of rotatable bonds is 2. The van der Waals surface area contributed by atoms with Crippen LogP contribution in [0, 0.1) is 0 Å². The Hall–Kier alpha value is -2.70. The fourth-order valence-corrected chi connectivity index (χ4v) is 3.74. The lowest BCUT2D eigenvalue weighted by atomic mass is 9.90. The highest BCUT2D eigenvalue weighted by atomic mass is 19.4. The van der Waals surface area contributed by atoms with Crippen molar-refractivity contribution in [2.45, 2.75) is 31.0 Å². The first-order valence-electron chi connectivity index (χ1n) is 9.26. The first kappa shape index (κ1) is 18.7. The second-order valence-corrected chi connectivity index (χ2v) is 7.11. The SMILES string of the molecule is O=C([C@H]1COc2ccccc2O1)N1CCC[C@H](c2ccc(C(F)(F)F)cc2)C1. The normalized spacial score (nSPS) is 22.0. The highest BCUT2D eigenvalue weighted by Gasteiger charge is 2.34. The third-order valence-corrected chi connectivity index (χ3v) is 5.23. The predicted molar refractivity (Wildman–Crippen MR) is 96.4 cm³/mol. The Kier molecular flexibility index (Phi) is 4.91. The lowest BCUT2D eigenvalue weighted by Gasteiger charge is -2.36. The molecule has 0 radical (unpaired) electrons.